The first-order valence-corrected chi connectivity index (χ1v) is 8.73. The molecule has 24 heavy (non-hydrogen) atoms. The molecule has 1 aromatic rings. The van der Waals surface area contributed by atoms with Crippen molar-refractivity contribution in [3.8, 4) is 0 Å². The van der Waals surface area contributed by atoms with E-state index in [0.29, 0.717) is 19.5 Å². The summed E-state index contributed by atoms with van der Waals surface area (Å²) in [6.07, 6.45) is 0.297. The van der Waals surface area contributed by atoms with Gasteiger partial charge in [0.05, 0.1) is 19.2 Å². The van der Waals surface area contributed by atoms with E-state index in [2.05, 4.69) is 37.8 Å². The van der Waals surface area contributed by atoms with Crippen molar-refractivity contribution < 1.29 is 14.7 Å². The zero-order valence-electron chi connectivity index (χ0n) is 15.5. The van der Waals surface area contributed by atoms with E-state index in [9.17, 15) is 9.90 Å². The molecule has 2 rings (SSSR count). The Morgan fingerprint density at radius 1 is 1.25 bits per heavy atom. The Labute approximate surface area is 145 Å². The molecule has 1 fully saturated rings. The van der Waals surface area contributed by atoms with Gasteiger partial charge in [0.2, 0.25) is 0 Å². The van der Waals surface area contributed by atoms with Crippen LogP contribution in [0.5, 0.6) is 0 Å². The molecule has 1 saturated heterocycles. The van der Waals surface area contributed by atoms with E-state index in [1.807, 2.05) is 13.0 Å². The first-order valence-electron chi connectivity index (χ1n) is 8.73. The van der Waals surface area contributed by atoms with Gasteiger partial charge >= 0.3 is 5.97 Å². The highest BCUT2D eigenvalue weighted by Gasteiger charge is 2.26. The van der Waals surface area contributed by atoms with Crippen LogP contribution in [-0.2, 0) is 15.0 Å². The highest BCUT2D eigenvalue weighted by molar-refractivity contribution is 5.65. The van der Waals surface area contributed by atoms with Gasteiger partial charge in [-0.05, 0) is 29.0 Å². The molecule has 0 saturated carbocycles. The number of benzene rings is 1. The molecule has 1 aliphatic rings. The molecule has 134 valence electrons. The molecule has 0 radical (unpaired) electrons. The third kappa shape index (κ3) is 4.48. The van der Waals surface area contributed by atoms with Gasteiger partial charge in [-0.1, -0.05) is 39.8 Å². The fourth-order valence-electron chi connectivity index (χ4n) is 3.08. The lowest BCUT2D eigenvalue weighted by molar-refractivity contribution is -0.188. The van der Waals surface area contributed by atoms with Crippen molar-refractivity contribution in [3.63, 3.8) is 0 Å². The Bertz CT molecular complexity index is 572. The van der Waals surface area contributed by atoms with E-state index in [-0.39, 0.29) is 11.4 Å². The second-order valence-electron chi connectivity index (χ2n) is 7.45. The van der Waals surface area contributed by atoms with Crippen LogP contribution >= 0.6 is 0 Å². The molecule has 1 unspecified atom stereocenters. The topological polar surface area (TPSA) is 53.0 Å². The van der Waals surface area contributed by atoms with E-state index >= 15 is 0 Å². The summed E-state index contributed by atoms with van der Waals surface area (Å²) in [6, 6.07) is 6.29. The summed E-state index contributed by atoms with van der Waals surface area (Å²) in [4.78, 5) is 18.6. The number of anilines is 1. The summed E-state index contributed by atoms with van der Waals surface area (Å²) in [7, 11) is 0. The second-order valence-corrected chi connectivity index (χ2v) is 7.45. The molecule has 0 spiro atoms. The number of piperazine rings is 1. The Morgan fingerprint density at radius 2 is 1.88 bits per heavy atom. The van der Waals surface area contributed by atoms with Gasteiger partial charge in [0.1, 0.15) is 0 Å². The maximum absolute atomic E-state index is 11.1. The molecule has 1 atom stereocenters. The van der Waals surface area contributed by atoms with Gasteiger partial charge in [-0.2, -0.15) is 0 Å². The van der Waals surface area contributed by atoms with E-state index in [0.717, 1.165) is 18.7 Å². The lowest BCUT2D eigenvalue weighted by Gasteiger charge is -2.37. The largest absolute Gasteiger partial charge is 0.388 e. The number of aliphatic hydroxyl groups excluding tert-OH is 1. The van der Waals surface area contributed by atoms with Crippen molar-refractivity contribution in [2.45, 2.75) is 52.6 Å². The number of aliphatic hydroxyl groups is 1. The molecule has 1 aliphatic heterocycles. The van der Waals surface area contributed by atoms with Crippen LogP contribution in [0.25, 0.3) is 0 Å². The van der Waals surface area contributed by atoms with Crippen molar-refractivity contribution in [3.05, 3.63) is 29.3 Å². The van der Waals surface area contributed by atoms with E-state index < -0.39 is 6.10 Å². The molecular weight excluding hydrogens is 304 g/mol. The molecule has 5 heteroatoms. The van der Waals surface area contributed by atoms with Crippen LogP contribution in [-0.4, -0.2) is 42.3 Å². The molecule has 1 aromatic carbocycles. The fraction of sp³-hybridized carbons (Fsp3) is 0.632. The smallest absolute Gasteiger partial charge is 0.322 e. The van der Waals surface area contributed by atoms with Gasteiger partial charge < -0.3 is 14.8 Å². The summed E-state index contributed by atoms with van der Waals surface area (Å²) in [5.41, 5.74) is 3.42. The summed E-state index contributed by atoms with van der Waals surface area (Å²) in [5, 5.41) is 11.9. The third-order valence-corrected chi connectivity index (χ3v) is 4.44. The average Bonchev–Trinajstić information content (AvgIpc) is 2.53. The number of hydroxylamine groups is 2. The van der Waals surface area contributed by atoms with Crippen LogP contribution in [0.2, 0.25) is 0 Å². The highest BCUT2D eigenvalue weighted by Crippen LogP contribution is 2.35. The van der Waals surface area contributed by atoms with Gasteiger partial charge in [-0.15, -0.1) is 5.06 Å². The summed E-state index contributed by atoms with van der Waals surface area (Å²) >= 11 is 0. The van der Waals surface area contributed by atoms with E-state index in [1.54, 1.807) is 5.06 Å². The fourth-order valence-corrected chi connectivity index (χ4v) is 3.08. The van der Waals surface area contributed by atoms with Crippen LogP contribution in [0.3, 0.4) is 0 Å². The lowest BCUT2D eigenvalue weighted by Crippen LogP contribution is -2.47. The van der Waals surface area contributed by atoms with Crippen LogP contribution in [0.15, 0.2) is 18.2 Å². The Balaban J connectivity index is 2.22. The van der Waals surface area contributed by atoms with Gasteiger partial charge in [0.15, 0.2) is 0 Å². The number of hydrogen-bond acceptors (Lipinski definition) is 5. The number of hydrogen-bond donors (Lipinski definition) is 1. The summed E-state index contributed by atoms with van der Waals surface area (Å²) in [6.45, 7) is 13.0. The van der Waals surface area contributed by atoms with Crippen molar-refractivity contribution >= 4 is 11.7 Å². The zero-order chi connectivity index (χ0) is 17.9. The van der Waals surface area contributed by atoms with Crippen LogP contribution in [0.4, 0.5) is 5.69 Å². The SMILES string of the molecule is CCC(O)c1ccc(N2CCN(OC(C)=O)CC2)c(C(C)(C)C)c1. The summed E-state index contributed by atoms with van der Waals surface area (Å²) < 4.78 is 0. The van der Waals surface area contributed by atoms with Crippen molar-refractivity contribution in [2.75, 3.05) is 31.1 Å². The van der Waals surface area contributed by atoms with Gasteiger partial charge in [-0.3, -0.25) is 4.79 Å². The van der Waals surface area contributed by atoms with Crippen LogP contribution in [0.1, 0.15) is 58.3 Å². The zero-order valence-corrected chi connectivity index (χ0v) is 15.5. The number of carbonyl (C=O) groups excluding carboxylic acids is 1. The maximum Gasteiger partial charge on any atom is 0.322 e. The van der Waals surface area contributed by atoms with Crippen molar-refractivity contribution in [1.29, 1.82) is 0 Å². The standard InChI is InChI=1S/C19H30N2O3/c1-6-18(23)15-7-8-17(16(13-15)19(3,4)5)20-9-11-21(12-10-20)24-14(2)22/h7-8,13,18,23H,6,9-12H2,1-5H3. The first kappa shape index (κ1) is 18.7. The number of nitrogens with zero attached hydrogens (tertiary/aromatic N) is 2. The number of rotatable bonds is 4. The second kappa shape index (κ2) is 7.53. The monoisotopic (exact) mass is 334 g/mol. The van der Waals surface area contributed by atoms with Crippen LogP contribution in [0, 0.1) is 0 Å². The molecule has 0 amide bonds. The van der Waals surface area contributed by atoms with Crippen molar-refractivity contribution in [1.82, 2.24) is 5.06 Å². The molecule has 0 aliphatic carbocycles. The Morgan fingerprint density at radius 3 is 2.38 bits per heavy atom. The molecule has 0 aromatic heterocycles. The molecule has 5 nitrogen and oxygen atoms in total. The van der Waals surface area contributed by atoms with Gasteiger partial charge in [-0.25, -0.2) is 0 Å². The third-order valence-electron chi connectivity index (χ3n) is 4.44. The molecule has 0 bridgehead atoms. The molecule has 1 N–H and O–H groups in total. The maximum atomic E-state index is 11.1. The van der Waals surface area contributed by atoms with Gasteiger partial charge in [0, 0.05) is 25.7 Å². The average molecular weight is 334 g/mol. The quantitative estimate of drug-likeness (QED) is 0.917. The van der Waals surface area contributed by atoms with Crippen LogP contribution < -0.4 is 4.90 Å². The van der Waals surface area contributed by atoms with Gasteiger partial charge in [0.25, 0.3) is 0 Å². The minimum absolute atomic E-state index is 0.00811. The summed E-state index contributed by atoms with van der Waals surface area (Å²) in [5.74, 6) is -0.267. The Kier molecular flexibility index (Phi) is 5.88. The number of carbonyl (C=O) groups is 1. The molecule has 1 heterocycles. The first-order chi connectivity index (χ1) is 11.2. The van der Waals surface area contributed by atoms with Crippen molar-refractivity contribution in [2.24, 2.45) is 0 Å². The highest BCUT2D eigenvalue weighted by atomic mass is 16.7. The molecular formula is C19H30N2O3. The predicted octanol–water partition coefficient (Wildman–Crippen LogP) is 3.03. The van der Waals surface area contributed by atoms with E-state index in [1.165, 1.54) is 18.2 Å². The minimum Gasteiger partial charge on any atom is -0.388 e. The minimum atomic E-state index is -0.416. The predicted molar refractivity (Wildman–Crippen MR) is 95.9 cm³/mol. The Hall–Kier alpha value is -1.59. The normalized spacial score (nSPS) is 17.7. The van der Waals surface area contributed by atoms with E-state index in [4.69, 9.17) is 4.84 Å². The lowest BCUT2D eigenvalue weighted by atomic mass is 9.83.